The largest absolute Gasteiger partial charge is 0.323 e. The zero-order valence-electron chi connectivity index (χ0n) is 14.7. The standard InChI is InChI=1S/C20H25ClN2O/c1-14(2)17-11-9-16(10-12-17)13-23(4)15(3)20(24)22-19-8-6-5-7-18(19)21/h5-12,14-15H,13H2,1-4H3,(H,22,24). The second kappa shape index (κ2) is 8.32. The highest BCUT2D eigenvalue weighted by molar-refractivity contribution is 6.33. The predicted octanol–water partition coefficient (Wildman–Crippen LogP) is 4.92. The SMILES string of the molecule is CC(C)c1ccc(CN(C)C(C)C(=O)Nc2ccccc2Cl)cc1. The van der Waals surface area contributed by atoms with Gasteiger partial charge in [-0.25, -0.2) is 0 Å². The van der Waals surface area contributed by atoms with Gasteiger partial charge in [-0.2, -0.15) is 0 Å². The lowest BCUT2D eigenvalue weighted by atomic mass is 10.0. The van der Waals surface area contributed by atoms with Crippen LogP contribution < -0.4 is 5.32 Å². The molecule has 0 bridgehead atoms. The molecule has 0 fully saturated rings. The number of nitrogens with one attached hydrogen (secondary N) is 1. The van der Waals surface area contributed by atoms with Crippen molar-refractivity contribution in [3.63, 3.8) is 0 Å². The van der Waals surface area contributed by atoms with Gasteiger partial charge in [0.1, 0.15) is 0 Å². The smallest absolute Gasteiger partial charge is 0.241 e. The van der Waals surface area contributed by atoms with Gasteiger partial charge in [0.2, 0.25) is 5.91 Å². The molecule has 0 spiro atoms. The van der Waals surface area contributed by atoms with Crippen molar-refractivity contribution < 1.29 is 4.79 Å². The lowest BCUT2D eigenvalue weighted by Crippen LogP contribution is -2.39. The molecule has 3 nitrogen and oxygen atoms in total. The summed E-state index contributed by atoms with van der Waals surface area (Å²) in [5, 5.41) is 3.43. The Morgan fingerprint density at radius 1 is 1.08 bits per heavy atom. The number of para-hydroxylation sites is 1. The number of hydrogen-bond acceptors (Lipinski definition) is 2. The Labute approximate surface area is 149 Å². The number of nitrogens with zero attached hydrogens (tertiary/aromatic N) is 1. The number of carbonyl (C=O) groups is 1. The van der Waals surface area contributed by atoms with Crippen LogP contribution in [0.25, 0.3) is 0 Å². The Kier molecular flexibility index (Phi) is 6.41. The Morgan fingerprint density at radius 2 is 1.71 bits per heavy atom. The number of hydrogen-bond donors (Lipinski definition) is 1. The molecule has 0 aliphatic carbocycles. The zero-order valence-corrected chi connectivity index (χ0v) is 15.5. The van der Waals surface area contributed by atoms with E-state index in [1.54, 1.807) is 12.1 Å². The number of likely N-dealkylation sites (N-methyl/N-ethyl adjacent to an activating group) is 1. The number of rotatable bonds is 6. The van der Waals surface area contributed by atoms with Gasteiger partial charge in [0, 0.05) is 6.54 Å². The average Bonchev–Trinajstić information content (AvgIpc) is 2.56. The fourth-order valence-electron chi connectivity index (χ4n) is 2.43. The molecular weight excluding hydrogens is 320 g/mol. The molecule has 2 aromatic rings. The van der Waals surface area contributed by atoms with Gasteiger partial charge in [-0.05, 0) is 43.1 Å². The molecule has 1 N–H and O–H groups in total. The summed E-state index contributed by atoms with van der Waals surface area (Å²) in [5.41, 5.74) is 3.16. The number of benzene rings is 2. The topological polar surface area (TPSA) is 32.3 Å². The molecule has 0 saturated carbocycles. The van der Waals surface area contributed by atoms with E-state index in [-0.39, 0.29) is 11.9 Å². The maximum absolute atomic E-state index is 12.4. The lowest BCUT2D eigenvalue weighted by Gasteiger charge is -2.24. The van der Waals surface area contributed by atoms with Crippen LogP contribution in [0, 0.1) is 0 Å². The molecule has 1 atom stereocenters. The first kappa shape index (κ1) is 18.5. The van der Waals surface area contributed by atoms with Gasteiger partial charge in [0.05, 0.1) is 16.8 Å². The van der Waals surface area contributed by atoms with Crippen LogP contribution in [0.3, 0.4) is 0 Å². The molecule has 2 aromatic carbocycles. The normalized spacial score (nSPS) is 12.5. The number of anilines is 1. The molecule has 24 heavy (non-hydrogen) atoms. The van der Waals surface area contributed by atoms with Crippen LogP contribution in [0.15, 0.2) is 48.5 Å². The third kappa shape index (κ3) is 4.83. The van der Waals surface area contributed by atoms with E-state index in [9.17, 15) is 4.79 Å². The van der Waals surface area contributed by atoms with E-state index in [0.717, 1.165) is 6.54 Å². The van der Waals surface area contributed by atoms with E-state index in [2.05, 4.69) is 43.4 Å². The third-order valence-corrected chi connectivity index (χ3v) is 4.58. The predicted molar refractivity (Wildman–Crippen MR) is 102 cm³/mol. The van der Waals surface area contributed by atoms with E-state index in [1.807, 2.05) is 31.0 Å². The highest BCUT2D eigenvalue weighted by Crippen LogP contribution is 2.21. The van der Waals surface area contributed by atoms with Gasteiger partial charge >= 0.3 is 0 Å². The first-order valence-corrected chi connectivity index (χ1v) is 8.60. The van der Waals surface area contributed by atoms with E-state index >= 15 is 0 Å². The molecule has 0 saturated heterocycles. The van der Waals surface area contributed by atoms with Crippen molar-refractivity contribution in [2.75, 3.05) is 12.4 Å². The van der Waals surface area contributed by atoms with Gasteiger partial charge in [-0.1, -0.05) is 61.8 Å². The summed E-state index contributed by atoms with van der Waals surface area (Å²) >= 11 is 6.09. The van der Waals surface area contributed by atoms with E-state index in [4.69, 9.17) is 11.6 Å². The summed E-state index contributed by atoms with van der Waals surface area (Å²) in [6.07, 6.45) is 0. The average molecular weight is 345 g/mol. The summed E-state index contributed by atoms with van der Waals surface area (Å²) in [4.78, 5) is 14.5. The fourth-order valence-corrected chi connectivity index (χ4v) is 2.62. The fraction of sp³-hybridized carbons (Fsp3) is 0.350. The van der Waals surface area contributed by atoms with E-state index < -0.39 is 0 Å². The number of halogens is 1. The van der Waals surface area contributed by atoms with Crippen molar-refractivity contribution in [3.05, 3.63) is 64.7 Å². The number of carbonyl (C=O) groups excluding carboxylic acids is 1. The number of amides is 1. The molecule has 1 unspecified atom stereocenters. The highest BCUT2D eigenvalue weighted by Gasteiger charge is 2.19. The Bertz CT molecular complexity index is 682. The van der Waals surface area contributed by atoms with Crippen LogP contribution in [0.2, 0.25) is 5.02 Å². The van der Waals surface area contributed by atoms with Crippen LogP contribution in [-0.2, 0) is 11.3 Å². The Balaban J connectivity index is 1.97. The van der Waals surface area contributed by atoms with Gasteiger partial charge in [-0.3, -0.25) is 9.69 Å². The van der Waals surface area contributed by atoms with Crippen molar-refractivity contribution in [1.29, 1.82) is 0 Å². The maximum Gasteiger partial charge on any atom is 0.241 e. The molecule has 0 aromatic heterocycles. The van der Waals surface area contributed by atoms with Crippen molar-refractivity contribution in [2.45, 2.75) is 39.3 Å². The summed E-state index contributed by atoms with van der Waals surface area (Å²) < 4.78 is 0. The minimum absolute atomic E-state index is 0.0654. The first-order chi connectivity index (χ1) is 11.4. The van der Waals surface area contributed by atoms with Gasteiger partial charge in [-0.15, -0.1) is 0 Å². The van der Waals surface area contributed by atoms with Crippen LogP contribution in [0.4, 0.5) is 5.69 Å². The van der Waals surface area contributed by atoms with Crippen LogP contribution >= 0.6 is 11.6 Å². The highest BCUT2D eigenvalue weighted by atomic mass is 35.5. The molecule has 0 aliphatic rings. The molecule has 4 heteroatoms. The van der Waals surface area contributed by atoms with E-state index in [0.29, 0.717) is 16.6 Å². The molecule has 0 radical (unpaired) electrons. The van der Waals surface area contributed by atoms with Crippen LogP contribution in [-0.4, -0.2) is 23.9 Å². The third-order valence-electron chi connectivity index (χ3n) is 4.25. The molecular formula is C20H25ClN2O. The Morgan fingerprint density at radius 3 is 2.29 bits per heavy atom. The van der Waals surface area contributed by atoms with Gasteiger partial charge < -0.3 is 5.32 Å². The monoisotopic (exact) mass is 344 g/mol. The minimum atomic E-state index is -0.258. The molecule has 1 amide bonds. The van der Waals surface area contributed by atoms with Crippen molar-refractivity contribution in [2.24, 2.45) is 0 Å². The summed E-state index contributed by atoms with van der Waals surface area (Å²) in [7, 11) is 1.95. The molecule has 0 heterocycles. The van der Waals surface area contributed by atoms with Crippen molar-refractivity contribution in [3.8, 4) is 0 Å². The maximum atomic E-state index is 12.4. The quantitative estimate of drug-likeness (QED) is 0.806. The van der Waals surface area contributed by atoms with Crippen molar-refractivity contribution >= 4 is 23.2 Å². The molecule has 0 aliphatic heterocycles. The summed E-state index contributed by atoms with van der Waals surface area (Å²) in [5.74, 6) is 0.460. The zero-order chi connectivity index (χ0) is 17.7. The second-order valence-corrected chi connectivity index (χ2v) is 6.86. The summed E-state index contributed by atoms with van der Waals surface area (Å²) in [6.45, 7) is 6.98. The molecule has 128 valence electrons. The van der Waals surface area contributed by atoms with Crippen LogP contribution in [0.5, 0.6) is 0 Å². The molecule has 2 rings (SSSR count). The first-order valence-electron chi connectivity index (χ1n) is 8.23. The lowest BCUT2D eigenvalue weighted by molar-refractivity contribution is -0.120. The van der Waals surface area contributed by atoms with Gasteiger partial charge in [0.25, 0.3) is 0 Å². The Hall–Kier alpha value is -1.84. The van der Waals surface area contributed by atoms with E-state index in [1.165, 1.54) is 11.1 Å². The second-order valence-electron chi connectivity index (χ2n) is 6.46. The van der Waals surface area contributed by atoms with Gasteiger partial charge in [0.15, 0.2) is 0 Å². The minimum Gasteiger partial charge on any atom is -0.323 e. The van der Waals surface area contributed by atoms with Crippen molar-refractivity contribution in [1.82, 2.24) is 4.90 Å². The van der Waals surface area contributed by atoms with Crippen LogP contribution in [0.1, 0.15) is 37.8 Å². The summed E-state index contributed by atoms with van der Waals surface area (Å²) in [6, 6.07) is 15.6.